The summed E-state index contributed by atoms with van der Waals surface area (Å²) in [6.07, 6.45) is -1.93. The molecule has 188 valence electrons. The van der Waals surface area contributed by atoms with Crippen LogP contribution in [0.5, 0.6) is 0 Å². The van der Waals surface area contributed by atoms with E-state index in [0.717, 1.165) is 24.5 Å². The minimum absolute atomic E-state index is 0.107. The number of rotatable bonds is 4. The number of nitrogens with two attached hydrogens (primary N) is 1. The summed E-state index contributed by atoms with van der Waals surface area (Å²) in [5.41, 5.74) is 4.69. The van der Waals surface area contributed by atoms with Crippen LogP contribution in [0.15, 0.2) is 48.5 Å². The number of hydrogen-bond acceptors (Lipinski definition) is 4. The smallest absolute Gasteiger partial charge is 0.370 e. The van der Waals surface area contributed by atoms with E-state index in [4.69, 9.17) is 11.0 Å². The molecule has 1 unspecified atom stereocenters. The summed E-state index contributed by atoms with van der Waals surface area (Å²) in [6, 6.07) is 15.0. The Balaban J connectivity index is 1.35. The van der Waals surface area contributed by atoms with E-state index in [-0.39, 0.29) is 12.5 Å². The van der Waals surface area contributed by atoms with E-state index < -0.39 is 40.0 Å². The van der Waals surface area contributed by atoms with Gasteiger partial charge >= 0.3 is 6.18 Å². The second kappa shape index (κ2) is 8.54. The van der Waals surface area contributed by atoms with Crippen molar-refractivity contribution in [2.75, 3.05) is 31.1 Å². The van der Waals surface area contributed by atoms with Gasteiger partial charge in [-0.3, -0.25) is 9.59 Å². The standard InChI is InChI=1S/C27H27F3N4O2/c28-27(29,30)21-14-20(7-6-18(21)15-31)34-16-22(23(32)35)25(17-34)10-12-33(13-11-25)24(36)26(8-9-26)19-4-2-1-3-5-19/h1-7,14,22H,8-13,16-17H2,(H2,32,35). The van der Waals surface area contributed by atoms with Gasteiger partial charge in [-0.15, -0.1) is 0 Å². The quantitative estimate of drug-likeness (QED) is 0.697. The second-order valence-corrected chi connectivity index (χ2v) is 10.3. The number of hydrogen-bond donors (Lipinski definition) is 1. The number of likely N-dealkylation sites (tertiary alicyclic amines) is 1. The fraction of sp³-hybridized carbons (Fsp3) is 0.444. The third kappa shape index (κ3) is 3.98. The molecule has 0 aromatic heterocycles. The molecule has 1 atom stereocenters. The Morgan fingerprint density at radius 3 is 2.25 bits per heavy atom. The molecule has 5 rings (SSSR count). The van der Waals surface area contributed by atoms with Crippen molar-refractivity contribution in [2.45, 2.75) is 37.3 Å². The van der Waals surface area contributed by atoms with Crippen LogP contribution in [-0.2, 0) is 21.2 Å². The van der Waals surface area contributed by atoms with Crippen LogP contribution < -0.4 is 10.6 Å². The Labute approximate surface area is 207 Å². The van der Waals surface area contributed by atoms with Crippen LogP contribution in [0.4, 0.5) is 18.9 Å². The molecule has 3 fully saturated rings. The van der Waals surface area contributed by atoms with Gasteiger partial charge in [-0.05, 0) is 49.4 Å². The highest BCUT2D eigenvalue weighted by atomic mass is 19.4. The number of amides is 2. The van der Waals surface area contributed by atoms with E-state index in [1.54, 1.807) is 11.0 Å². The second-order valence-electron chi connectivity index (χ2n) is 10.3. The molecule has 2 N–H and O–H groups in total. The molecule has 2 aromatic carbocycles. The van der Waals surface area contributed by atoms with Crippen molar-refractivity contribution in [3.05, 3.63) is 65.2 Å². The Morgan fingerprint density at radius 2 is 1.69 bits per heavy atom. The molecule has 1 saturated carbocycles. The summed E-state index contributed by atoms with van der Waals surface area (Å²) < 4.78 is 40.6. The Kier molecular flexibility index (Phi) is 5.73. The van der Waals surface area contributed by atoms with Crippen LogP contribution >= 0.6 is 0 Å². The van der Waals surface area contributed by atoms with E-state index in [1.165, 1.54) is 12.1 Å². The fourth-order valence-electron chi connectivity index (χ4n) is 6.09. The molecule has 2 saturated heterocycles. The molecule has 36 heavy (non-hydrogen) atoms. The SMILES string of the molecule is N#Cc1ccc(N2CC(C(N)=O)C3(CCN(C(=O)C4(c5ccccc5)CC4)CC3)C2)cc1C(F)(F)F. The van der Waals surface area contributed by atoms with Crippen molar-refractivity contribution < 1.29 is 22.8 Å². The number of nitriles is 1. The van der Waals surface area contributed by atoms with Crippen LogP contribution in [0.2, 0.25) is 0 Å². The number of piperidine rings is 1. The van der Waals surface area contributed by atoms with E-state index in [1.807, 2.05) is 35.2 Å². The van der Waals surface area contributed by atoms with Gasteiger partial charge in [0.05, 0.1) is 28.5 Å². The minimum atomic E-state index is -4.66. The van der Waals surface area contributed by atoms with Crippen LogP contribution in [0.25, 0.3) is 0 Å². The number of alkyl halides is 3. The lowest BCUT2D eigenvalue weighted by Crippen LogP contribution is -2.51. The first-order chi connectivity index (χ1) is 17.1. The molecule has 2 aliphatic heterocycles. The predicted octanol–water partition coefficient (Wildman–Crippen LogP) is 3.84. The highest BCUT2D eigenvalue weighted by Gasteiger charge is 2.56. The van der Waals surface area contributed by atoms with Gasteiger partial charge in [0.2, 0.25) is 11.8 Å². The van der Waals surface area contributed by atoms with Crippen molar-refractivity contribution in [1.82, 2.24) is 4.90 Å². The first-order valence-corrected chi connectivity index (χ1v) is 12.1. The molecule has 3 aliphatic rings. The van der Waals surface area contributed by atoms with Crippen molar-refractivity contribution in [2.24, 2.45) is 17.1 Å². The maximum Gasteiger partial charge on any atom is 0.417 e. The fourth-order valence-corrected chi connectivity index (χ4v) is 6.09. The summed E-state index contributed by atoms with van der Waals surface area (Å²) in [5, 5.41) is 9.10. The molecular formula is C27H27F3N4O2. The zero-order valence-electron chi connectivity index (χ0n) is 19.7. The van der Waals surface area contributed by atoms with Gasteiger partial charge in [0, 0.05) is 37.3 Å². The summed E-state index contributed by atoms with van der Waals surface area (Å²) in [7, 11) is 0. The molecule has 0 radical (unpaired) electrons. The van der Waals surface area contributed by atoms with Crippen LogP contribution in [0.1, 0.15) is 42.4 Å². The monoisotopic (exact) mass is 496 g/mol. The van der Waals surface area contributed by atoms with E-state index in [2.05, 4.69) is 0 Å². The van der Waals surface area contributed by atoms with Crippen LogP contribution in [0.3, 0.4) is 0 Å². The molecule has 9 heteroatoms. The molecule has 2 amide bonds. The molecule has 0 bridgehead atoms. The zero-order chi connectivity index (χ0) is 25.7. The number of carbonyl (C=O) groups excluding carboxylic acids is 2. The van der Waals surface area contributed by atoms with Gasteiger partial charge in [-0.2, -0.15) is 18.4 Å². The molecule has 2 aromatic rings. The topological polar surface area (TPSA) is 90.4 Å². The Hall–Kier alpha value is -3.54. The molecule has 1 aliphatic carbocycles. The summed E-state index contributed by atoms with van der Waals surface area (Å²) >= 11 is 0. The summed E-state index contributed by atoms with van der Waals surface area (Å²) in [6.45, 7) is 1.54. The van der Waals surface area contributed by atoms with Gasteiger partial charge < -0.3 is 15.5 Å². The Bertz CT molecular complexity index is 1230. The van der Waals surface area contributed by atoms with Gasteiger partial charge in [0.1, 0.15) is 0 Å². The number of benzene rings is 2. The first kappa shape index (κ1) is 24.2. The summed E-state index contributed by atoms with van der Waals surface area (Å²) in [5.74, 6) is -0.912. The van der Waals surface area contributed by atoms with E-state index in [0.29, 0.717) is 38.2 Å². The Morgan fingerprint density at radius 1 is 1.03 bits per heavy atom. The maximum atomic E-state index is 13.5. The number of halogens is 3. The first-order valence-electron chi connectivity index (χ1n) is 12.1. The van der Waals surface area contributed by atoms with Crippen LogP contribution in [0, 0.1) is 22.7 Å². The van der Waals surface area contributed by atoms with Crippen molar-refractivity contribution in [3.63, 3.8) is 0 Å². The maximum absolute atomic E-state index is 13.5. The molecule has 2 heterocycles. The van der Waals surface area contributed by atoms with Gasteiger partial charge in [-0.1, -0.05) is 30.3 Å². The molecule has 1 spiro atoms. The molecular weight excluding hydrogens is 469 g/mol. The zero-order valence-corrected chi connectivity index (χ0v) is 19.7. The predicted molar refractivity (Wildman–Crippen MR) is 127 cm³/mol. The van der Waals surface area contributed by atoms with Gasteiger partial charge in [0.25, 0.3) is 0 Å². The number of carbonyl (C=O) groups is 2. The normalized spacial score (nSPS) is 22.3. The summed E-state index contributed by atoms with van der Waals surface area (Å²) in [4.78, 5) is 29.5. The third-order valence-electron chi connectivity index (χ3n) is 8.32. The van der Waals surface area contributed by atoms with Gasteiger partial charge in [0.15, 0.2) is 0 Å². The molecule has 6 nitrogen and oxygen atoms in total. The minimum Gasteiger partial charge on any atom is -0.370 e. The third-order valence-corrected chi connectivity index (χ3v) is 8.32. The largest absolute Gasteiger partial charge is 0.417 e. The lowest BCUT2D eigenvalue weighted by Gasteiger charge is -2.42. The highest BCUT2D eigenvalue weighted by Crippen LogP contribution is 2.52. The lowest BCUT2D eigenvalue weighted by molar-refractivity contribution is -0.138. The number of primary amides is 1. The highest BCUT2D eigenvalue weighted by molar-refractivity contribution is 5.91. The van der Waals surface area contributed by atoms with E-state index in [9.17, 15) is 22.8 Å². The van der Waals surface area contributed by atoms with Crippen molar-refractivity contribution >= 4 is 17.5 Å². The average molecular weight is 497 g/mol. The van der Waals surface area contributed by atoms with Crippen molar-refractivity contribution in [3.8, 4) is 6.07 Å². The van der Waals surface area contributed by atoms with Crippen LogP contribution in [-0.4, -0.2) is 42.9 Å². The average Bonchev–Trinajstić information content (AvgIpc) is 3.60. The van der Waals surface area contributed by atoms with Crippen molar-refractivity contribution in [1.29, 1.82) is 5.26 Å². The number of nitrogens with zero attached hydrogens (tertiary/aromatic N) is 3. The number of anilines is 1. The lowest BCUT2D eigenvalue weighted by atomic mass is 9.70. The van der Waals surface area contributed by atoms with Gasteiger partial charge in [-0.25, -0.2) is 0 Å². The van der Waals surface area contributed by atoms with E-state index >= 15 is 0 Å².